The van der Waals surface area contributed by atoms with Gasteiger partial charge in [0, 0.05) is 23.6 Å². The quantitative estimate of drug-likeness (QED) is 0.710. The van der Waals surface area contributed by atoms with E-state index in [2.05, 4.69) is 68.9 Å². The van der Waals surface area contributed by atoms with Gasteiger partial charge in [-0.25, -0.2) is 4.57 Å². The molecule has 2 aromatic rings. The van der Waals surface area contributed by atoms with Crippen LogP contribution in [-0.2, 0) is 7.05 Å². The van der Waals surface area contributed by atoms with E-state index in [1.54, 1.807) is 0 Å². The summed E-state index contributed by atoms with van der Waals surface area (Å²) >= 11 is 0. The van der Waals surface area contributed by atoms with Gasteiger partial charge in [-0.05, 0) is 43.5 Å². The number of benzene rings is 1. The Balaban J connectivity index is 2.07. The van der Waals surface area contributed by atoms with E-state index in [0.717, 1.165) is 0 Å². The first-order valence-corrected chi connectivity index (χ1v) is 6.83. The Labute approximate surface area is 115 Å². The third-order valence-corrected chi connectivity index (χ3v) is 4.19. The molecule has 96 valence electrons. The Bertz CT molecular complexity index is 693. The fourth-order valence-electron chi connectivity index (χ4n) is 2.67. The monoisotopic (exact) mass is 250 g/mol. The van der Waals surface area contributed by atoms with E-state index in [4.69, 9.17) is 0 Å². The summed E-state index contributed by atoms with van der Waals surface area (Å²) in [7, 11) is 2.14. The summed E-state index contributed by atoms with van der Waals surface area (Å²) in [5.41, 5.74) is 9.74. The van der Waals surface area contributed by atoms with Crippen molar-refractivity contribution in [3.63, 3.8) is 0 Å². The van der Waals surface area contributed by atoms with Gasteiger partial charge >= 0.3 is 0 Å². The maximum absolute atomic E-state index is 2.25. The van der Waals surface area contributed by atoms with Crippen molar-refractivity contribution >= 4 is 5.57 Å². The smallest absolute Gasteiger partial charge is 0.201 e. The average molecular weight is 250 g/mol. The van der Waals surface area contributed by atoms with Gasteiger partial charge in [-0.2, -0.15) is 0 Å². The van der Waals surface area contributed by atoms with Gasteiger partial charge in [0.05, 0.1) is 0 Å². The number of allylic oxidation sites excluding steroid dienone is 2. The molecule has 0 fully saturated rings. The second-order valence-electron chi connectivity index (χ2n) is 5.60. The second-order valence-corrected chi connectivity index (χ2v) is 5.60. The number of hydrogen-bond acceptors (Lipinski definition) is 0. The van der Waals surface area contributed by atoms with Crippen LogP contribution in [0.5, 0.6) is 0 Å². The molecule has 0 saturated carbocycles. The number of aryl methyl sites for hydroxylation is 2. The largest absolute Gasteiger partial charge is 0.208 e. The van der Waals surface area contributed by atoms with Crippen molar-refractivity contribution in [2.45, 2.75) is 27.2 Å². The fraction of sp³-hybridized carbons (Fsp3) is 0.278. The molecule has 0 aliphatic heterocycles. The summed E-state index contributed by atoms with van der Waals surface area (Å²) in [6.07, 6.45) is 3.42. The molecule has 1 aliphatic rings. The van der Waals surface area contributed by atoms with E-state index in [-0.39, 0.29) is 0 Å². The Hall–Kier alpha value is -1.89. The lowest BCUT2D eigenvalue weighted by Gasteiger charge is -2.08. The zero-order valence-electron chi connectivity index (χ0n) is 12.1. The summed E-state index contributed by atoms with van der Waals surface area (Å²) in [5.74, 6) is 0. The zero-order chi connectivity index (χ0) is 13.6. The van der Waals surface area contributed by atoms with Gasteiger partial charge in [0.15, 0.2) is 6.20 Å². The summed E-state index contributed by atoms with van der Waals surface area (Å²) < 4.78 is 2.25. The van der Waals surface area contributed by atoms with E-state index < -0.39 is 0 Å². The average Bonchev–Trinajstić information content (AvgIpc) is 3.09. The number of rotatable bonds is 2. The van der Waals surface area contributed by atoms with Crippen molar-refractivity contribution in [2.24, 2.45) is 7.05 Å². The van der Waals surface area contributed by atoms with E-state index >= 15 is 0 Å². The van der Waals surface area contributed by atoms with Crippen LogP contribution in [0.1, 0.15) is 30.2 Å². The Morgan fingerprint density at radius 1 is 1.00 bits per heavy atom. The molecule has 0 bridgehead atoms. The molecule has 0 radical (unpaired) electrons. The Kier molecular flexibility index (Phi) is 2.78. The maximum atomic E-state index is 2.25. The topological polar surface area (TPSA) is 3.88 Å². The number of aromatic nitrogens is 1. The third kappa shape index (κ3) is 2.10. The summed E-state index contributed by atoms with van der Waals surface area (Å²) in [4.78, 5) is 0. The number of pyridine rings is 1. The fourth-order valence-corrected chi connectivity index (χ4v) is 2.67. The molecule has 19 heavy (non-hydrogen) atoms. The van der Waals surface area contributed by atoms with Gasteiger partial charge in [-0.1, -0.05) is 23.8 Å². The van der Waals surface area contributed by atoms with Crippen molar-refractivity contribution in [3.8, 4) is 11.1 Å². The van der Waals surface area contributed by atoms with Crippen molar-refractivity contribution in [1.29, 1.82) is 0 Å². The first kappa shape index (κ1) is 12.2. The molecule has 1 nitrogen and oxygen atoms in total. The lowest BCUT2D eigenvalue weighted by Crippen LogP contribution is -2.31. The van der Waals surface area contributed by atoms with Crippen LogP contribution in [0, 0.1) is 13.8 Å². The van der Waals surface area contributed by atoms with E-state index in [9.17, 15) is 0 Å². The van der Waals surface area contributed by atoms with Gasteiger partial charge in [0.2, 0.25) is 5.69 Å². The Morgan fingerprint density at radius 3 is 2.37 bits per heavy atom. The van der Waals surface area contributed by atoms with Crippen molar-refractivity contribution in [1.82, 2.24) is 0 Å². The molecule has 1 aliphatic carbocycles. The van der Waals surface area contributed by atoms with E-state index in [0.29, 0.717) is 0 Å². The highest BCUT2D eigenvalue weighted by atomic mass is 14.9. The standard InChI is InChI=1S/C18H20N/c1-12-6-5-7-16(14(12)3)15-8-9-18(19(4)11-15)17-10-13(17)2/h5-9,11H,10H2,1-4H3/q+1. The van der Waals surface area contributed by atoms with Gasteiger partial charge in [-0.3, -0.25) is 0 Å². The molecule has 0 amide bonds. The lowest BCUT2D eigenvalue weighted by molar-refractivity contribution is -0.673. The predicted octanol–water partition coefficient (Wildman–Crippen LogP) is 3.97. The summed E-state index contributed by atoms with van der Waals surface area (Å²) in [5, 5.41) is 0. The van der Waals surface area contributed by atoms with Gasteiger partial charge in [0.1, 0.15) is 7.05 Å². The molecule has 1 heterocycles. The third-order valence-electron chi connectivity index (χ3n) is 4.19. The van der Waals surface area contributed by atoms with Crippen LogP contribution in [0.15, 0.2) is 42.1 Å². The van der Waals surface area contributed by atoms with Crippen LogP contribution in [0.3, 0.4) is 0 Å². The number of nitrogens with zero attached hydrogens (tertiary/aromatic N) is 1. The highest BCUT2D eigenvalue weighted by Crippen LogP contribution is 2.38. The maximum Gasteiger partial charge on any atom is 0.208 e. The summed E-state index contributed by atoms with van der Waals surface area (Å²) in [6, 6.07) is 11.0. The minimum atomic E-state index is 1.18. The predicted molar refractivity (Wildman–Crippen MR) is 79.7 cm³/mol. The molecule has 3 rings (SSSR count). The molecule has 0 saturated heterocycles. The van der Waals surface area contributed by atoms with Crippen molar-refractivity contribution < 1.29 is 4.57 Å². The lowest BCUT2D eigenvalue weighted by atomic mass is 9.98. The van der Waals surface area contributed by atoms with E-state index in [1.165, 1.54) is 45.5 Å². The zero-order valence-corrected chi connectivity index (χ0v) is 12.1. The highest BCUT2D eigenvalue weighted by Gasteiger charge is 2.25. The minimum absolute atomic E-state index is 1.18. The molecule has 0 atom stereocenters. The minimum Gasteiger partial charge on any atom is -0.201 e. The first-order chi connectivity index (χ1) is 9.08. The molecule has 0 N–H and O–H groups in total. The first-order valence-electron chi connectivity index (χ1n) is 6.83. The van der Waals surface area contributed by atoms with Gasteiger partial charge in [-0.15, -0.1) is 0 Å². The van der Waals surface area contributed by atoms with Crippen LogP contribution in [0.4, 0.5) is 0 Å². The van der Waals surface area contributed by atoms with Crippen LogP contribution >= 0.6 is 0 Å². The molecule has 0 spiro atoms. The molecule has 1 aromatic carbocycles. The second kappa shape index (κ2) is 4.34. The van der Waals surface area contributed by atoms with Crippen LogP contribution in [0.2, 0.25) is 0 Å². The normalized spacial score (nSPS) is 13.9. The van der Waals surface area contributed by atoms with Crippen LogP contribution in [-0.4, -0.2) is 0 Å². The van der Waals surface area contributed by atoms with Gasteiger partial charge < -0.3 is 0 Å². The molecule has 1 heteroatoms. The van der Waals surface area contributed by atoms with Crippen molar-refractivity contribution in [3.05, 3.63) is 58.9 Å². The SMILES string of the molecule is CC1=C(c2ccc(-c3cccc(C)c3C)c[n+]2C)C1. The molecular weight excluding hydrogens is 230 g/mol. The number of hydrogen-bond donors (Lipinski definition) is 0. The van der Waals surface area contributed by atoms with Crippen molar-refractivity contribution in [2.75, 3.05) is 0 Å². The Morgan fingerprint density at radius 2 is 1.74 bits per heavy atom. The van der Waals surface area contributed by atoms with E-state index in [1.807, 2.05) is 0 Å². The summed E-state index contributed by atoms with van der Waals surface area (Å²) in [6.45, 7) is 6.59. The highest BCUT2D eigenvalue weighted by molar-refractivity contribution is 5.79. The molecule has 1 aromatic heterocycles. The van der Waals surface area contributed by atoms with Crippen LogP contribution in [0.25, 0.3) is 16.7 Å². The molecule has 0 unspecified atom stereocenters. The van der Waals surface area contributed by atoms with Crippen LogP contribution < -0.4 is 4.57 Å². The molecular formula is C18H20N+. The van der Waals surface area contributed by atoms with Gasteiger partial charge in [0.25, 0.3) is 0 Å².